The van der Waals surface area contributed by atoms with Crippen LogP contribution in [0.4, 0.5) is 5.69 Å². The van der Waals surface area contributed by atoms with E-state index in [0.717, 1.165) is 49.9 Å². The molecule has 1 aromatic heterocycles. The smallest absolute Gasteiger partial charge is 0.272 e. The van der Waals surface area contributed by atoms with Crippen molar-refractivity contribution in [2.75, 3.05) is 51.0 Å². The molecule has 29 heavy (non-hydrogen) atoms. The summed E-state index contributed by atoms with van der Waals surface area (Å²) in [5.74, 6) is 1.66. The molecule has 2 aromatic rings. The number of benzene rings is 1. The second-order valence-corrected chi connectivity index (χ2v) is 7.33. The SMILES string of the molecule is CCN(CC)C(=O)c1cc(N2CCN(Cc3ccc4c(c3)OCO4)CC2)ccn1. The van der Waals surface area contributed by atoms with Crippen LogP contribution in [0.3, 0.4) is 0 Å². The lowest BCUT2D eigenvalue weighted by atomic mass is 10.1. The fourth-order valence-corrected chi connectivity index (χ4v) is 3.87. The van der Waals surface area contributed by atoms with Crippen LogP contribution in [0.25, 0.3) is 0 Å². The minimum Gasteiger partial charge on any atom is -0.454 e. The van der Waals surface area contributed by atoms with Crippen molar-refractivity contribution in [3.63, 3.8) is 0 Å². The lowest BCUT2D eigenvalue weighted by Gasteiger charge is -2.36. The van der Waals surface area contributed by atoms with E-state index in [9.17, 15) is 4.79 Å². The van der Waals surface area contributed by atoms with E-state index < -0.39 is 0 Å². The summed E-state index contributed by atoms with van der Waals surface area (Å²) >= 11 is 0. The standard InChI is InChI=1S/C22H28N4O3/c1-3-25(4-2)22(27)19-14-18(7-8-23-19)26-11-9-24(10-12-26)15-17-5-6-20-21(13-17)29-16-28-20/h5-8,13-14H,3-4,9-12,15-16H2,1-2H3. The summed E-state index contributed by atoms with van der Waals surface area (Å²) in [4.78, 5) is 23.5. The second-order valence-electron chi connectivity index (χ2n) is 7.33. The lowest BCUT2D eigenvalue weighted by Crippen LogP contribution is -2.46. The van der Waals surface area contributed by atoms with Crippen molar-refractivity contribution >= 4 is 11.6 Å². The minimum absolute atomic E-state index is 0.00158. The van der Waals surface area contributed by atoms with Crippen LogP contribution in [-0.4, -0.2) is 66.8 Å². The van der Waals surface area contributed by atoms with Gasteiger partial charge in [0.2, 0.25) is 6.79 Å². The third-order valence-electron chi connectivity index (χ3n) is 5.59. The number of hydrogen-bond donors (Lipinski definition) is 0. The lowest BCUT2D eigenvalue weighted by molar-refractivity contribution is 0.0767. The maximum atomic E-state index is 12.6. The molecular weight excluding hydrogens is 368 g/mol. The summed E-state index contributed by atoms with van der Waals surface area (Å²) in [5, 5.41) is 0. The van der Waals surface area contributed by atoms with Crippen LogP contribution >= 0.6 is 0 Å². The molecule has 0 aliphatic carbocycles. The van der Waals surface area contributed by atoms with Gasteiger partial charge in [-0.25, -0.2) is 0 Å². The molecule has 4 rings (SSSR count). The number of hydrogen-bond acceptors (Lipinski definition) is 6. The van der Waals surface area contributed by atoms with Gasteiger partial charge in [-0.15, -0.1) is 0 Å². The van der Waals surface area contributed by atoms with E-state index in [1.54, 1.807) is 11.1 Å². The van der Waals surface area contributed by atoms with Crippen molar-refractivity contribution < 1.29 is 14.3 Å². The minimum atomic E-state index is -0.00158. The Labute approximate surface area is 171 Å². The first-order chi connectivity index (χ1) is 14.2. The molecule has 7 heteroatoms. The number of amides is 1. The van der Waals surface area contributed by atoms with Gasteiger partial charge in [-0.2, -0.15) is 0 Å². The van der Waals surface area contributed by atoms with Crippen LogP contribution in [0.5, 0.6) is 11.5 Å². The number of carbonyl (C=O) groups excluding carboxylic acids is 1. The van der Waals surface area contributed by atoms with Crippen LogP contribution in [-0.2, 0) is 6.54 Å². The van der Waals surface area contributed by atoms with Crippen LogP contribution < -0.4 is 14.4 Å². The monoisotopic (exact) mass is 396 g/mol. The van der Waals surface area contributed by atoms with Crippen molar-refractivity contribution in [3.05, 3.63) is 47.8 Å². The van der Waals surface area contributed by atoms with Gasteiger partial charge in [0.1, 0.15) is 5.69 Å². The number of nitrogens with zero attached hydrogens (tertiary/aromatic N) is 4. The second kappa shape index (κ2) is 8.69. The van der Waals surface area contributed by atoms with Gasteiger partial charge in [0, 0.05) is 57.7 Å². The molecule has 0 saturated carbocycles. The number of ether oxygens (including phenoxy) is 2. The van der Waals surface area contributed by atoms with Crippen LogP contribution in [0.2, 0.25) is 0 Å². The Hall–Kier alpha value is -2.80. The van der Waals surface area contributed by atoms with Crippen molar-refractivity contribution in [1.29, 1.82) is 0 Å². The number of aromatic nitrogens is 1. The van der Waals surface area contributed by atoms with Gasteiger partial charge in [-0.1, -0.05) is 6.07 Å². The molecule has 154 valence electrons. The van der Waals surface area contributed by atoms with E-state index >= 15 is 0 Å². The Kier molecular flexibility index (Phi) is 5.85. The van der Waals surface area contributed by atoms with E-state index in [0.29, 0.717) is 25.6 Å². The molecule has 2 aliphatic heterocycles. The molecule has 2 aliphatic rings. The first-order valence-electron chi connectivity index (χ1n) is 10.3. The number of carbonyl (C=O) groups is 1. The van der Waals surface area contributed by atoms with Gasteiger partial charge < -0.3 is 19.3 Å². The molecule has 7 nitrogen and oxygen atoms in total. The van der Waals surface area contributed by atoms with Crippen molar-refractivity contribution in [1.82, 2.24) is 14.8 Å². The Balaban J connectivity index is 1.36. The maximum Gasteiger partial charge on any atom is 0.272 e. The third-order valence-corrected chi connectivity index (χ3v) is 5.59. The molecule has 0 N–H and O–H groups in total. The highest BCUT2D eigenvalue weighted by Crippen LogP contribution is 2.33. The molecule has 0 unspecified atom stereocenters. The molecule has 3 heterocycles. The first kappa shape index (κ1) is 19.5. The normalized spacial score (nSPS) is 16.1. The van der Waals surface area contributed by atoms with Crippen LogP contribution in [0.1, 0.15) is 29.9 Å². The highest BCUT2D eigenvalue weighted by atomic mass is 16.7. The average Bonchev–Trinajstić information content (AvgIpc) is 3.23. The van der Waals surface area contributed by atoms with E-state index in [4.69, 9.17) is 9.47 Å². The molecular formula is C22H28N4O3. The van der Waals surface area contributed by atoms with Crippen molar-refractivity contribution in [2.24, 2.45) is 0 Å². The predicted octanol–water partition coefficient (Wildman–Crippen LogP) is 2.61. The van der Waals surface area contributed by atoms with Crippen molar-refractivity contribution in [2.45, 2.75) is 20.4 Å². The van der Waals surface area contributed by atoms with Gasteiger partial charge in [0.25, 0.3) is 5.91 Å². The number of rotatable bonds is 6. The van der Waals surface area contributed by atoms with E-state index in [2.05, 4.69) is 26.9 Å². The number of piperazine rings is 1. The van der Waals surface area contributed by atoms with Crippen LogP contribution in [0.15, 0.2) is 36.5 Å². The van der Waals surface area contributed by atoms with E-state index in [-0.39, 0.29) is 5.91 Å². The van der Waals surface area contributed by atoms with Crippen molar-refractivity contribution in [3.8, 4) is 11.5 Å². The van der Waals surface area contributed by atoms with E-state index in [1.807, 2.05) is 32.0 Å². The fraction of sp³-hybridized carbons (Fsp3) is 0.455. The molecule has 0 atom stereocenters. The van der Waals surface area contributed by atoms with Gasteiger partial charge in [-0.05, 0) is 43.7 Å². The zero-order valence-electron chi connectivity index (χ0n) is 17.1. The Bertz CT molecular complexity index is 861. The topological polar surface area (TPSA) is 58.1 Å². The largest absolute Gasteiger partial charge is 0.454 e. The quantitative estimate of drug-likeness (QED) is 0.748. The first-order valence-corrected chi connectivity index (χ1v) is 10.3. The number of pyridine rings is 1. The van der Waals surface area contributed by atoms with Gasteiger partial charge in [0.05, 0.1) is 0 Å². The van der Waals surface area contributed by atoms with E-state index in [1.165, 1.54) is 5.56 Å². The number of fused-ring (bicyclic) bond motifs is 1. The molecule has 1 saturated heterocycles. The highest BCUT2D eigenvalue weighted by molar-refractivity contribution is 5.93. The summed E-state index contributed by atoms with van der Waals surface area (Å²) < 4.78 is 10.9. The Morgan fingerprint density at radius 2 is 1.79 bits per heavy atom. The molecule has 0 bridgehead atoms. The summed E-state index contributed by atoms with van der Waals surface area (Å²) in [6.07, 6.45) is 1.74. The third kappa shape index (κ3) is 4.29. The Morgan fingerprint density at radius 1 is 1.03 bits per heavy atom. The Morgan fingerprint density at radius 3 is 2.55 bits per heavy atom. The maximum absolute atomic E-state index is 12.6. The summed E-state index contributed by atoms with van der Waals surface area (Å²) in [6.45, 7) is 10.4. The molecule has 0 spiro atoms. The van der Waals surface area contributed by atoms with Gasteiger partial charge in [-0.3, -0.25) is 14.7 Å². The highest BCUT2D eigenvalue weighted by Gasteiger charge is 2.21. The molecule has 1 fully saturated rings. The summed E-state index contributed by atoms with van der Waals surface area (Å²) in [7, 11) is 0. The molecule has 0 radical (unpaired) electrons. The molecule has 1 amide bonds. The van der Waals surface area contributed by atoms with Gasteiger partial charge in [0.15, 0.2) is 11.5 Å². The average molecular weight is 396 g/mol. The van der Waals surface area contributed by atoms with Gasteiger partial charge >= 0.3 is 0 Å². The number of anilines is 1. The summed E-state index contributed by atoms with van der Waals surface area (Å²) in [6, 6.07) is 10.1. The zero-order valence-corrected chi connectivity index (χ0v) is 17.1. The fourth-order valence-electron chi connectivity index (χ4n) is 3.87. The predicted molar refractivity (Wildman–Crippen MR) is 112 cm³/mol. The molecule has 1 aromatic carbocycles. The zero-order chi connectivity index (χ0) is 20.2. The van der Waals surface area contributed by atoms with Crippen LogP contribution in [0, 0.1) is 0 Å². The summed E-state index contributed by atoms with van der Waals surface area (Å²) in [5.41, 5.74) is 2.82.